The highest BCUT2D eigenvalue weighted by Gasteiger charge is 2.25. The van der Waals surface area contributed by atoms with Crippen molar-refractivity contribution in [1.82, 2.24) is 4.98 Å². The van der Waals surface area contributed by atoms with Gasteiger partial charge in [-0.3, -0.25) is 0 Å². The molecule has 1 aliphatic rings. The van der Waals surface area contributed by atoms with Crippen LogP contribution in [0, 0.1) is 0 Å². The number of aliphatic hydroxyl groups excluding tert-OH is 2. The van der Waals surface area contributed by atoms with Crippen molar-refractivity contribution in [3.8, 4) is 0 Å². The molecule has 1 fully saturated rings. The topological polar surface area (TPSA) is 56.6 Å². The molecule has 1 aromatic rings. The third-order valence-corrected chi connectivity index (χ3v) is 3.62. The molecule has 0 saturated heterocycles. The summed E-state index contributed by atoms with van der Waals surface area (Å²) in [5.41, 5.74) is 0.897. The predicted octanol–water partition coefficient (Wildman–Crippen LogP) is 1.88. The number of pyridine rings is 1. The normalized spacial score (nSPS) is 17.3. The molecular formula is C14H22N2O2. The summed E-state index contributed by atoms with van der Waals surface area (Å²) in [6, 6.07) is 4.35. The molecule has 0 radical (unpaired) electrons. The molecule has 4 heteroatoms. The van der Waals surface area contributed by atoms with E-state index in [9.17, 15) is 5.11 Å². The minimum atomic E-state index is -0.465. The molecule has 1 atom stereocenters. The first-order valence-corrected chi connectivity index (χ1v) is 6.74. The van der Waals surface area contributed by atoms with Crippen molar-refractivity contribution in [1.29, 1.82) is 0 Å². The van der Waals surface area contributed by atoms with E-state index < -0.39 is 6.10 Å². The standard InChI is InChI=1S/C14H22N2O2/c1-11(18)12-6-7-15-14(10-12)16(8-3-9-17)13-4-2-5-13/h6-7,10-11,13,17-18H,2-5,8-9H2,1H3/t11-/m0/s1. The minimum absolute atomic E-state index is 0.208. The van der Waals surface area contributed by atoms with Crippen LogP contribution < -0.4 is 4.90 Å². The Bertz CT molecular complexity index is 378. The molecule has 0 bridgehead atoms. The van der Waals surface area contributed by atoms with E-state index >= 15 is 0 Å². The summed E-state index contributed by atoms with van der Waals surface area (Å²) in [6.07, 6.45) is 5.72. The maximum Gasteiger partial charge on any atom is 0.129 e. The number of nitrogens with zero attached hydrogens (tertiary/aromatic N) is 2. The van der Waals surface area contributed by atoms with Crippen molar-refractivity contribution in [2.45, 2.75) is 44.8 Å². The van der Waals surface area contributed by atoms with Crippen LogP contribution in [0.2, 0.25) is 0 Å². The van der Waals surface area contributed by atoms with E-state index in [0.717, 1.165) is 24.3 Å². The lowest BCUT2D eigenvalue weighted by Crippen LogP contribution is -2.41. The Morgan fingerprint density at radius 3 is 2.83 bits per heavy atom. The van der Waals surface area contributed by atoms with E-state index in [4.69, 9.17) is 5.11 Å². The Labute approximate surface area is 108 Å². The van der Waals surface area contributed by atoms with E-state index in [1.807, 2.05) is 12.1 Å². The van der Waals surface area contributed by atoms with Crippen molar-refractivity contribution in [2.24, 2.45) is 0 Å². The van der Waals surface area contributed by atoms with Crippen LogP contribution in [0.5, 0.6) is 0 Å². The van der Waals surface area contributed by atoms with Crippen LogP contribution in [-0.4, -0.2) is 34.4 Å². The lowest BCUT2D eigenvalue weighted by atomic mass is 9.91. The zero-order chi connectivity index (χ0) is 13.0. The predicted molar refractivity (Wildman–Crippen MR) is 71.6 cm³/mol. The van der Waals surface area contributed by atoms with Gasteiger partial charge < -0.3 is 15.1 Å². The Hall–Kier alpha value is -1.13. The number of aromatic nitrogens is 1. The van der Waals surface area contributed by atoms with E-state index in [0.29, 0.717) is 6.04 Å². The molecule has 1 heterocycles. The van der Waals surface area contributed by atoms with Gasteiger partial charge in [-0.25, -0.2) is 4.98 Å². The van der Waals surface area contributed by atoms with E-state index in [1.54, 1.807) is 13.1 Å². The molecular weight excluding hydrogens is 228 g/mol. The second kappa shape index (κ2) is 6.16. The van der Waals surface area contributed by atoms with Gasteiger partial charge in [0.25, 0.3) is 0 Å². The maximum atomic E-state index is 9.63. The van der Waals surface area contributed by atoms with Gasteiger partial charge in [0.15, 0.2) is 0 Å². The molecule has 18 heavy (non-hydrogen) atoms. The van der Waals surface area contributed by atoms with Gasteiger partial charge in [-0.1, -0.05) is 0 Å². The van der Waals surface area contributed by atoms with Gasteiger partial charge in [0.2, 0.25) is 0 Å². The zero-order valence-electron chi connectivity index (χ0n) is 10.9. The fourth-order valence-corrected chi connectivity index (χ4v) is 2.27. The van der Waals surface area contributed by atoms with Gasteiger partial charge in [0.05, 0.1) is 6.10 Å². The molecule has 100 valence electrons. The first-order valence-electron chi connectivity index (χ1n) is 6.74. The fraction of sp³-hybridized carbons (Fsp3) is 0.643. The molecule has 1 saturated carbocycles. The van der Waals surface area contributed by atoms with Crippen LogP contribution in [0.15, 0.2) is 18.3 Å². The van der Waals surface area contributed by atoms with Gasteiger partial charge in [-0.2, -0.15) is 0 Å². The summed E-state index contributed by atoms with van der Waals surface area (Å²) >= 11 is 0. The largest absolute Gasteiger partial charge is 0.396 e. The number of hydrogen-bond donors (Lipinski definition) is 2. The molecule has 2 rings (SSSR count). The van der Waals surface area contributed by atoms with Gasteiger partial charge >= 0.3 is 0 Å². The van der Waals surface area contributed by atoms with Crippen molar-refractivity contribution in [3.05, 3.63) is 23.9 Å². The summed E-state index contributed by atoms with van der Waals surface area (Å²) in [4.78, 5) is 6.68. The summed E-state index contributed by atoms with van der Waals surface area (Å²) in [6.45, 7) is 2.80. The fourth-order valence-electron chi connectivity index (χ4n) is 2.27. The number of aliphatic hydroxyl groups is 2. The highest BCUT2D eigenvalue weighted by Crippen LogP contribution is 2.29. The third kappa shape index (κ3) is 3.00. The molecule has 4 nitrogen and oxygen atoms in total. The smallest absolute Gasteiger partial charge is 0.129 e. The summed E-state index contributed by atoms with van der Waals surface area (Å²) in [7, 11) is 0. The van der Waals surface area contributed by atoms with Crippen LogP contribution in [-0.2, 0) is 0 Å². The molecule has 1 aromatic heterocycles. The average molecular weight is 250 g/mol. The third-order valence-electron chi connectivity index (χ3n) is 3.62. The van der Waals surface area contributed by atoms with E-state index in [2.05, 4.69) is 9.88 Å². The number of rotatable bonds is 6. The number of hydrogen-bond acceptors (Lipinski definition) is 4. The SMILES string of the molecule is C[C@H](O)c1ccnc(N(CCCO)C2CCC2)c1. The molecule has 0 spiro atoms. The molecule has 0 aromatic carbocycles. The van der Waals surface area contributed by atoms with Crippen LogP contribution in [0.4, 0.5) is 5.82 Å². The summed E-state index contributed by atoms with van der Waals surface area (Å²) in [5.74, 6) is 0.923. The Morgan fingerprint density at radius 1 is 1.50 bits per heavy atom. The quantitative estimate of drug-likeness (QED) is 0.809. The van der Waals surface area contributed by atoms with E-state index in [1.165, 1.54) is 19.3 Å². The Balaban J connectivity index is 2.15. The highest BCUT2D eigenvalue weighted by atomic mass is 16.3. The second-order valence-electron chi connectivity index (χ2n) is 4.98. The minimum Gasteiger partial charge on any atom is -0.396 e. The van der Waals surface area contributed by atoms with Gasteiger partial charge in [0.1, 0.15) is 5.82 Å². The highest BCUT2D eigenvalue weighted by molar-refractivity contribution is 5.43. The van der Waals surface area contributed by atoms with Gasteiger partial charge in [-0.05, 0) is 50.3 Å². The molecule has 0 unspecified atom stereocenters. The van der Waals surface area contributed by atoms with Gasteiger partial charge in [0, 0.05) is 25.4 Å². The maximum absolute atomic E-state index is 9.63. The zero-order valence-corrected chi connectivity index (χ0v) is 10.9. The van der Waals surface area contributed by atoms with Crippen molar-refractivity contribution >= 4 is 5.82 Å². The monoisotopic (exact) mass is 250 g/mol. The Morgan fingerprint density at radius 2 is 2.28 bits per heavy atom. The molecule has 0 aliphatic heterocycles. The Kier molecular flexibility index (Phi) is 4.55. The van der Waals surface area contributed by atoms with Crippen molar-refractivity contribution in [3.63, 3.8) is 0 Å². The lowest BCUT2D eigenvalue weighted by Gasteiger charge is -2.38. The van der Waals surface area contributed by atoms with Gasteiger partial charge in [-0.15, -0.1) is 0 Å². The number of anilines is 1. The summed E-state index contributed by atoms with van der Waals surface area (Å²) < 4.78 is 0. The molecule has 1 aliphatic carbocycles. The molecule has 0 amide bonds. The first-order chi connectivity index (χ1) is 8.72. The average Bonchev–Trinajstić information content (AvgIpc) is 2.32. The molecule has 2 N–H and O–H groups in total. The van der Waals surface area contributed by atoms with Crippen molar-refractivity contribution < 1.29 is 10.2 Å². The second-order valence-corrected chi connectivity index (χ2v) is 4.98. The summed E-state index contributed by atoms with van der Waals surface area (Å²) in [5, 5.41) is 18.6. The van der Waals surface area contributed by atoms with Crippen LogP contribution in [0.25, 0.3) is 0 Å². The van der Waals surface area contributed by atoms with Crippen LogP contribution in [0.3, 0.4) is 0 Å². The van der Waals surface area contributed by atoms with E-state index in [-0.39, 0.29) is 6.61 Å². The van der Waals surface area contributed by atoms with Crippen LogP contribution in [0.1, 0.15) is 44.3 Å². The first kappa shape index (κ1) is 13.3. The van der Waals surface area contributed by atoms with Crippen molar-refractivity contribution in [2.75, 3.05) is 18.1 Å². The lowest BCUT2D eigenvalue weighted by molar-refractivity contribution is 0.199. The van der Waals surface area contributed by atoms with Crippen LogP contribution >= 0.6 is 0 Å².